The zero-order valence-corrected chi connectivity index (χ0v) is 12.9. The lowest BCUT2D eigenvalue weighted by Gasteiger charge is -2.25. The summed E-state index contributed by atoms with van der Waals surface area (Å²) in [5.41, 5.74) is 0. The van der Waals surface area contributed by atoms with Crippen molar-refractivity contribution < 1.29 is 34.4 Å². The van der Waals surface area contributed by atoms with Crippen LogP contribution in [0.1, 0.15) is 26.2 Å². The van der Waals surface area contributed by atoms with E-state index < -0.39 is 37.6 Å². The first-order valence-electron chi connectivity index (χ1n) is 6.24. The maximum atomic E-state index is 13.1. The SMILES string of the molecule is CC(F)(F)C(F)(F)S(=O)(=O)NCCC1CCS(=O)(=O)CC1. The number of sulfone groups is 1. The summed E-state index contributed by atoms with van der Waals surface area (Å²) in [5, 5.41) is -5.20. The summed E-state index contributed by atoms with van der Waals surface area (Å²) in [4.78, 5) is 0. The monoisotopic (exact) mass is 355 g/mol. The lowest BCUT2D eigenvalue weighted by Crippen LogP contribution is -2.50. The topological polar surface area (TPSA) is 80.3 Å². The summed E-state index contributed by atoms with van der Waals surface area (Å²) < 4.78 is 97.7. The predicted octanol–water partition coefficient (Wildman–Crippen LogP) is 1.37. The number of alkyl halides is 4. The highest BCUT2D eigenvalue weighted by Gasteiger charge is 2.62. The smallest absolute Gasteiger partial charge is 0.229 e. The Morgan fingerprint density at radius 1 is 1.14 bits per heavy atom. The predicted molar refractivity (Wildman–Crippen MR) is 68.5 cm³/mol. The Labute approximate surface area is 121 Å². The average Bonchev–Trinajstić information content (AvgIpc) is 2.29. The number of halogens is 4. The molecule has 0 atom stereocenters. The Balaban J connectivity index is 2.53. The fraction of sp³-hybridized carbons (Fsp3) is 1.00. The summed E-state index contributed by atoms with van der Waals surface area (Å²) in [6.07, 6.45) is 0.745. The van der Waals surface area contributed by atoms with Crippen molar-refractivity contribution >= 4 is 19.9 Å². The second-order valence-corrected chi connectivity index (χ2v) is 9.30. The van der Waals surface area contributed by atoms with Crippen molar-refractivity contribution in [1.29, 1.82) is 0 Å². The van der Waals surface area contributed by atoms with E-state index in [0.29, 0.717) is 12.8 Å². The van der Waals surface area contributed by atoms with Gasteiger partial charge in [0.25, 0.3) is 10.0 Å². The maximum Gasteiger partial charge on any atom is 0.420 e. The van der Waals surface area contributed by atoms with Gasteiger partial charge >= 0.3 is 11.2 Å². The lowest BCUT2D eigenvalue weighted by atomic mass is 9.99. The molecule has 0 aromatic heterocycles. The highest BCUT2D eigenvalue weighted by Crippen LogP contribution is 2.37. The van der Waals surface area contributed by atoms with Gasteiger partial charge in [-0.25, -0.2) is 21.6 Å². The van der Waals surface area contributed by atoms with Crippen molar-refractivity contribution in [2.75, 3.05) is 18.1 Å². The lowest BCUT2D eigenvalue weighted by molar-refractivity contribution is -0.144. The Kier molecular flexibility index (Phi) is 5.32. The molecule has 126 valence electrons. The Bertz CT molecular complexity index is 554. The summed E-state index contributed by atoms with van der Waals surface area (Å²) in [6, 6.07) is 0. The molecule has 1 aliphatic rings. The molecule has 0 bridgehead atoms. The molecular weight excluding hydrogens is 338 g/mol. The highest BCUT2D eigenvalue weighted by atomic mass is 32.2. The molecule has 0 amide bonds. The fourth-order valence-corrected chi connectivity index (χ4v) is 4.58. The number of rotatable bonds is 6. The fourth-order valence-electron chi connectivity index (χ4n) is 1.95. The summed E-state index contributed by atoms with van der Waals surface area (Å²) in [6.45, 7) is -0.600. The zero-order chi connectivity index (χ0) is 16.5. The normalized spacial score (nSPS) is 21.4. The Morgan fingerprint density at radius 2 is 1.62 bits per heavy atom. The summed E-state index contributed by atoms with van der Waals surface area (Å²) >= 11 is 0. The van der Waals surface area contributed by atoms with Crippen LogP contribution in [-0.2, 0) is 19.9 Å². The van der Waals surface area contributed by atoms with Gasteiger partial charge in [-0.15, -0.1) is 0 Å². The van der Waals surface area contributed by atoms with Gasteiger partial charge in [-0.3, -0.25) is 0 Å². The van der Waals surface area contributed by atoms with Crippen LogP contribution in [0.2, 0.25) is 0 Å². The Hall–Kier alpha value is -0.420. The van der Waals surface area contributed by atoms with Gasteiger partial charge in [0, 0.05) is 13.5 Å². The van der Waals surface area contributed by atoms with Crippen molar-refractivity contribution in [2.24, 2.45) is 5.92 Å². The van der Waals surface area contributed by atoms with Gasteiger partial charge in [-0.1, -0.05) is 0 Å². The van der Waals surface area contributed by atoms with Gasteiger partial charge in [-0.05, 0) is 25.2 Å². The molecule has 0 radical (unpaired) electrons. The van der Waals surface area contributed by atoms with E-state index in [1.807, 2.05) is 0 Å². The van der Waals surface area contributed by atoms with E-state index in [2.05, 4.69) is 0 Å². The number of hydrogen-bond donors (Lipinski definition) is 1. The molecule has 0 aromatic carbocycles. The maximum absolute atomic E-state index is 13.1. The molecule has 0 spiro atoms. The molecule has 0 unspecified atom stereocenters. The molecular formula is C10H17F4NO4S2. The first kappa shape index (κ1) is 18.6. The zero-order valence-electron chi connectivity index (χ0n) is 11.3. The second kappa shape index (κ2) is 5.99. The first-order valence-corrected chi connectivity index (χ1v) is 9.54. The van der Waals surface area contributed by atoms with Crippen molar-refractivity contribution in [3.05, 3.63) is 0 Å². The summed E-state index contributed by atoms with van der Waals surface area (Å²) in [5.74, 6) is -4.90. The van der Waals surface area contributed by atoms with Gasteiger partial charge in [-0.2, -0.15) is 17.6 Å². The third-order valence-corrected chi connectivity index (χ3v) is 6.70. The molecule has 1 heterocycles. The molecule has 1 rings (SSSR count). The van der Waals surface area contributed by atoms with Gasteiger partial charge in [0.05, 0.1) is 11.5 Å². The third-order valence-electron chi connectivity index (χ3n) is 3.37. The molecule has 11 heteroatoms. The van der Waals surface area contributed by atoms with Crippen LogP contribution in [-0.4, -0.2) is 46.1 Å². The van der Waals surface area contributed by atoms with Crippen LogP contribution >= 0.6 is 0 Å². The van der Waals surface area contributed by atoms with Crippen LogP contribution < -0.4 is 4.72 Å². The quantitative estimate of drug-likeness (QED) is 0.730. The van der Waals surface area contributed by atoms with E-state index in [1.54, 1.807) is 0 Å². The van der Waals surface area contributed by atoms with Gasteiger partial charge in [0.15, 0.2) is 0 Å². The van der Waals surface area contributed by atoms with Crippen LogP contribution in [0, 0.1) is 5.92 Å². The molecule has 1 aliphatic heterocycles. The van der Waals surface area contributed by atoms with Gasteiger partial charge < -0.3 is 0 Å². The minimum atomic E-state index is -5.49. The molecule has 5 nitrogen and oxygen atoms in total. The number of sulfonamides is 1. The average molecular weight is 355 g/mol. The molecule has 0 saturated carbocycles. The van der Waals surface area contributed by atoms with Crippen LogP contribution in [0.25, 0.3) is 0 Å². The van der Waals surface area contributed by atoms with Crippen LogP contribution in [0.5, 0.6) is 0 Å². The van der Waals surface area contributed by atoms with Crippen LogP contribution in [0.3, 0.4) is 0 Å². The van der Waals surface area contributed by atoms with Crippen molar-refractivity contribution in [1.82, 2.24) is 4.72 Å². The standard InChI is InChI=1S/C10H17F4NO4S2/c1-9(11,12)10(13,14)21(18,19)15-5-2-8-3-6-20(16,17)7-4-8/h8,15H,2-7H2,1H3. The van der Waals surface area contributed by atoms with E-state index in [4.69, 9.17) is 0 Å². The van der Waals surface area contributed by atoms with E-state index in [1.165, 1.54) is 4.72 Å². The number of hydrogen-bond acceptors (Lipinski definition) is 4. The van der Waals surface area contributed by atoms with E-state index in [9.17, 15) is 34.4 Å². The van der Waals surface area contributed by atoms with Crippen molar-refractivity contribution in [2.45, 2.75) is 37.4 Å². The minimum Gasteiger partial charge on any atom is -0.229 e. The largest absolute Gasteiger partial charge is 0.420 e. The Morgan fingerprint density at radius 3 is 2.05 bits per heavy atom. The second-order valence-electron chi connectivity index (χ2n) is 5.19. The first-order chi connectivity index (χ1) is 9.29. The summed E-state index contributed by atoms with van der Waals surface area (Å²) in [7, 11) is -8.56. The van der Waals surface area contributed by atoms with E-state index in [-0.39, 0.29) is 30.8 Å². The minimum absolute atomic E-state index is 0.0341. The van der Waals surface area contributed by atoms with Gasteiger partial charge in [0.2, 0.25) is 0 Å². The molecule has 0 aliphatic carbocycles. The molecule has 0 aromatic rings. The molecule has 1 saturated heterocycles. The highest BCUT2D eigenvalue weighted by molar-refractivity contribution is 7.91. The van der Waals surface area contributed by atoms with Crippen LogP contribution in [0.4, 0.5) is 17.6 Å². The molecule has 21 heavy (non-hydrogen) atoms. The van der Waals surface area contributed by atoms with Gasteiger partial charge in [0.1, 0.15) is 9.84 Å². The van der Waals surface area contributed by atoms with E-state index >= 15 is 0 Å². The molecule has 1 N–H and O–H groups in total. The molecule has 1 fully saturated rings. The van der Waals surface area contributed by atoms with E-state index in [0.717, 1.165) is 0 Å². The van der Waals surface area contributed by atoms with Crippen molar-refractivity contribution in [3.63, 3.8) is 0 Å². The third kappa shape index (κ3) is 4.52. The van der Waals surface area contributed by atoms with Crippen molar-refractivity contribution in [3.8, 4) is 0 Å². The number of nitrogens with one attached hydrogen (secondary N) is 1. The van der Waals surface area contributed by atoms with Crippen LogP contribution in [0.15, 0.2) is 0 Å².